The lowest BCUT2D eigenvalue weighted by molar-refractivity contribution is 0.418. The van der Waals surface area contributed by atoms with Crippen molar-refractivity contribution in [1.82, 2.24) is 0 Å². The van der Waals surface area contributed by atoms with Crippen LogP contribution in [0, 0.1) is 0 Å². The highest BCUT2D eigenvalue weighted by molar-refractivity contribution is 7.56. The van der Waals surface area contributed by atoms with Gasteiger partial charge in [0.15, 0.2) is 0 Å². The first-order chi connectivity index (χ1) is 8.16. The molecule has 1 aromatic carbocycles. The maximum absolute atomic E-state index is 5.51. The molecule has 0 spiro atoms. The van der Waals surface area contributed by atoms with Gasteiger partial charge in [-0.05, 0) is 11.0 Å². The van der Waals surface area contributed by atoms with Crippen LogP contribution in [0.2, 0.25) is 39.3 Å². The van der Waals surface area contributed by atoms with Crippen LogP contribution in [0.5, 0.6) is 5.75 Å². The third-order valence-corrected chi connectivity index (χ3v) is 18.9. The Balaban J connectivity index is 3.05. The third-order valence-electron chi connectivity index (χ3n) is 3.14. The van der Waals surface area contributed by atoms with Crippen LogP contribution in [-0.4, -0.2) is 28.2 Å². The second-order valence-corrected chi connectivity index (χ2v) is 20.8. The summed E-state index contributed by atoms with van der Waals surface area (Å²) in [7, 11) is 0.438. The lowest BCUT2D eigenvalue weighted by atomic mass is 10.3. The average Bonchev–Trinajstić information content (AvgIpc) is 2.23. The minimum Gasteiger partial charge on any atom is -0.496 e. The highest BCUT2D eigenvalue weighted by Gasteiger charge is 2.37. The van der Waals surface area contributed by atoms with E-state index in [-0.39, 0.29) is 0 Å². The SMILES string of the molecule is COc1ccccc1PC([Si](C)(C)C)[Si](C)(C)C. The molecule has 0 aliphatic carbocycles. The van der Waals surface area contributed by atoms with Gasteiger partial charge >= 0.3 is 0 Å². The van der Waals surface area contributed by atoms with Crippen LogP contribution < -0.4 is 10.0 Å². The first-order valence-corrected chi connectivity index (χ1v) is 14.8. The Morgan fingerprint density at radius 3 is 1.89 bits per heavy atom. The summed E-state index contributed by atoms with van der Waals surface area (Å²) in [6, 6.07) is 8.53. The first-order valence-electron chi connectivity index (χ1n) is 6.56. The maximum Gasteiger partial charge on any atom is 0.126 e. The van der Waals surface area contributed by atoms with Gasteiger partial charge in [-0.25, -0.2) is 0 Å². The second-order valence-electron chi connectivity index (χ2n) is 7.01. The molecule has 0 fully saturated rings. The quantitative estimate of drug-likeness (QED) is 0.587. The fourth-order valence-electron chi connectivity index (χ4n) is 2.65. The zero-order valence-electron chi connectivity index (χ0n) is 12.8. The topological polar surface area (TPSA) is 9.23 Å². The van der Waals surface area contributed by atoms with Crippen molar-refractivity contribution in [1.29, 1.82) is 0 Å². The third kappa shape index (κ3) is 4.22. The van der Waals surface area contributed by atoms with Crippen LogP contribution in [0.4, 0.5) is 0 Å². The molecule has 0 heterocycles. The van der Waals surface area contributed by atoms with E-state index in [0.717, 1.165) is 19.2 Å². The molecule has 102 valence electrons. The normalized spacial score (nSPS) is 13.6. The molecule has 0 saturated heterocycles. The van der Waals surface area contributed by atoms with E-state index in [9.17, 15) is 0 Å². The van der Waals surface area contributed by atoms with Gasteiger partial charge in [0.2, 0.25) is 0 Å². The van der Waals surface area contributed by atoms with Crippen molar-refractivity contribution in [3.8, 4) is 5.75 Å². The summed E-state index contributed by atoms with van der Waals surface area (Å²) in [6.07, 6.45) is 0. The monoisotopic (exact) mass is 298 g/mol. The number of ether oxygens (including phenoxy) is 1. The number of hydrogen-bond donors (Lipinski definition) is 0. The predicted octanol–water partition coefficient (Wildman–Crippen LogP) is 4.12. The summed E-state index contributed by atoms with van der Waals surface area (Å²) in [4.78, 5) is 0.918. The molecule has 1 aromatic rings. The van der Waals surface area contributed by atoms with Gasteiger partial charge in [-0.15, -0.1) is 0 Å². The van der Waals surface area contributed by atoms with Gasteiger partial charge in [-0.1, -0.05) is 66.1 Å². The standard InChI is InChI=1S/C14H27OPSi2/c1-15-12-10-8-9-11-13(12)16-14(17(2,3)4)18(5,6)7/h8-11,14,16H,1-7H3. The van der Waals surface area contributed by atoms with E-state index in [0.29, 0.717) is 0 Å². The Labute approximate surface area is 116 Å². The molecule has 0 aliphatic rings. The largest absolute Gasteiger partial charge is 0.496 e. The summed E-state index contributed by atoms with van der Waals surface area (Å²) in [5, 5.41) is 1.41. The van der Waals surface area contributed by atoms with Crippen molar-refractivity contribution in [3.63, 3.8) is 0 Å². The molecule has 4 heteroatoms. The van der Waals surface area contributed by atoms with Crippen molar-refractivity contribution >= 4 is 30.0 Å². The molecule has 18 heavy (non-hydrogen) atoms. The summed E-state index contributed by atoms with van der Waals surface area (Å²) < 4.78 is 5.51. The number of para-hydroxylation sites is 1. The fourth-order valence-corrected chi connectivity index (χ4v) is 18.3. The molecule has 0 radical (unpaired) electrons. The Morgan fingerprint density at radius 2 is 1.44 bits per heavy atom. The van der Waals surface area contributed by atoms with E-state index < -0.39 is 16.1 Å². The van der Waals surface area contributed by atoms with Crippen molar-refractivity contribution in [3.05, 3.63) is 24.3 Å². The minimum absolute atomic E-state index is 0.903. The Bertz CT molecular complexity index is 380. The highest BCUT2D eigenvalue weighted by Crippen LogP contribution is 2.36. The van der Waals surface area contributed by atoms with E-state index >= 15 is 0 Å². The number of benzene rings is 1. The number of hydrogen-bond acceptors (Lipinski definition) is 1. The molecule has 1 rings (SSSR count). The molecular weight excluding hydrogens is 271 g/mol. The van der Waals surface area contributed by atoms with Gasteiger partial charge < -0.3 is 4.74 Å². The highest BCUT2D eigenvalue weighted by atomic mass is 31.1. The molecule has 0 N–H and O–H groups in total. The molecule has 0 aliphatic heterocycles. The van der Waals surface area contributed by atoms with Crippen LogP contribution in [-0.2, 0) is 0 Å². The molecule has 1 unspecified atom stereocenters. The van der Waals surface area contributed by atoms with Crippen LogP contribution in [0.1, 0.15) is 0 Å². The van der Waals surface area contributed by atoms with Gasteiger partial charge in [0.1, 0.15) is 5.75 Å². The van der Waals surface area contributed by atoms with E-state index in [1.807, 2.05) is 0 Å². The fraction of sp³-hybridized carbons (Fsp3) is 0.571. The molecule has 1 atom stereocenters. The number of methoxy groups -OCH3 is 1. The van der Waals surface area contributed by atoms with Crippen LogP contribution in [0.25, 0.3) is 0 Å². The van der Waals surface area contributed by atoms with Crippen LogP contribution in [0.15, 0.2) is 24.3 Å². The van der Waals surface area contributed by atoms with Gasteiger partial charge in [0.25, 0.3) is 0 Å². The van der Waals surface area contributed by atoms with E-state index in [2.05, 4.69) is 63.5 Å². The second kappa shape index (κ2) is 5.89. The van der Waals surface area contributed by atoms with E-state index in [1.54, 1.807) is 7.11 Å². The molecule has 0 amide bonds. The smallest absolute Gasteiger partial charge is 0.126 e. The van der Waals surface area contributed by atoms with Crippen molar-refractivity contribution in [2.75, 3.05) is 7.11 Å². The van der Waals surface area contributed by atoms with Gasteiger partial charge in [-0.2, -0.15) is 0 Å². The number of rotatable bonds is 5. The predicted molar refractivity (Wildman–Crippen MR) is 91.4 cm³/mol. The van der Waals surface area contributed by atoms with Gasteiger partial charge in [0.05, 0.1) is 7.11 Å². The molecular formula is C14H27OPSi2. The van der Waals surface area contributed by atoms with Gasteiger partial charge in [-0.3, -0.25) is 0 Å². The van der Waals surface area contributed by atoms with Crippen molar-refractivity contribution in [2.45, 2.75) is 44.2 Å². The van der Waals surface area contributed by atoms with Crippen molar-refractivity contribution < 1.29 is 4.74 Å². The first kappa shape index (κ1) is 15.9. The Kier molecular flexibility index (Phi) is 5.22. The summed E-state index contributed by atoms with van der Waals surface area (Å²) >= 11 is 0. The van der Waals surface area contributed by atoms with Crippen LogP contribution in [0.3, 0.4) is 0 Å². The maximum atomic E-state index is 5.51. The summed E-state index contributed by atoms with van der Waals surface area (Å²) in [5.41, 5.74) is 0. The summed E-state index contributed by atoms with van der Waals surface area (Å²) in [6.45, 7) is 15.1. The lowest BCUT2D eigenvalue weighted by Crippen LogP contribution is -2.51. The van der Waals surface area contributed by atoms with Gasteiger partial charge in [0, 0.05) is 21.5 Å². The van der Waals surface area contributed by atoms with E-state index in [4.69, 9.17) is 4.74 Å². The molecule has 1 nitrogen and oxygen atoms in total. The molecule has 0 aromatic heterocycles. The van der Waals surface area contributed by atoms with E-state index in [1.165, 1.54) is 5.30 Å². The Morgan fingerprint density at radius 1 is 0.944 bits per heavy atom. The van der Waals surface area contributed by atoms with Crippen molar-refractivity contribution in [2.24, 2.45) is 0 Å². The minimum atomic E-state index is -1.12. The summed E-state index contributed by atoms with van der Waals surface area (Å²) in [5.74, 6) is 1.07. The molecule has 0 bridgehead atoms. The average molecular weight is 299 g/mol. The lowest BCUT2D eigenvalue weighted by Gasteiger charge is -2.38. The Hall–Kier alpha value is -0.116. The zero-order chi connectivity index (χ0) is 14.0. The molecule has 0 saturated carbocycles. The zero-order valence-corrected chi connectivity index (χ0v) is 15.8. The van der Waals surface area contributed by atoms with Crippen LogP contribution >= 0.6 is 8.58 Å².